The molecule has 0 aliphatic carbocycles. The Kier molecular flexibility index (Phi) is 8.52. The third-order valence-corrected chi connectivity index (χ3v) is 7.86. The van der Waals surface area contributed by atoms with Gasteiger partial charge in [-0.3, -0.25) is 9.69 Å². The average Bonchev–Trinajstić information content (AvgIpc) is 2.75. The Morgan fingerprint density at radius 1 is 1.15 bits per heavy atom. The Labute approximate surface area is 192 Å². The first kappa shape index (κ1) is 27.1. The lowest BCUT2D eigenvalue weighted by molar-refractivity contribution is -0.192. The highest BCUT2D eigenvalue weighted by molar-refractivity contribution is 7.89. The van der Waals surface area contributed by atoms with Gasteiger partial charge in [0.25, 0.3) is 0 Å². The highest BCUT2D eigenvalue weighted by Crippen LogP contribution is 2.42. The minimum Gasteiger partial charge on any atom is -0.475 e. The molecule has 0 bridgehead atoms. The topological polar surface area (TPSA) is 98.2 Å². The van der Waals surface area contributed by atoms with Gasteiger partial charge < -0.3 is 10.0 Å². The number of nitrogens with zero attached hydrogens (tertiary/aromatic N) is 3. The van der Waals surface area contributed by atoms with Gasteiger partial charge in [-0.1, -0.05) is 24.3 Å². The van der Waals surface area contributed by atoms with E-state index in [-0.39, 0.29) is 17.1 Å². The number of likely N-dealkylation sites (N-methyl/N-ethyl adjacent to an activating group) is 1. The number of piperidine rings is 1. The van der Waals surface area contributed by atoms with Crippen LogP contribution in [0.2, 0.25) is 0 Å². The molecule has 12 heteroatoms. The van der Waals surface area contributed by atoms with E-state index in [2.05, 4.69) is 17.0 Å². The predicted octanol–water partition coefficient (Wildman–Crippen LogP) is 1.91. The second-order valence-corrected chi connectivity index (χ2v) is 10.7. The molecule has 0 unspecified atom stereocenters. The summed E-state index contributed by atoms with van der Waals surface area (Å²) in [5.41, 5.74) is 2.27. The zero-order chi connectivity index (χ0) is 25.0. The van der Waals surface area contributed by atoms with Crippen molar-refractivity contribution in [2.75, 3.05) is 46.0 Å². The Bertz CT molecular complexity index is 958. The van der Waals surface area contributed by atoms with Crippen molar-refractivity contribution in [3.05, 3.63) is 35.4 Å². The van der Waals surface area contributed by atoms with Crippen molar-refractivity contribution < 1.29 is 36.3 Å². The monoisotopic (exact) mass is 493 g/mol. The summed E-state index contributed by atoms with van der Waals surface area (Å²) in [6, 6.07) is 8.24. The highest BCUT2D eigenvalue weighted by atomic mass is 32.2. The van der Waals surface area contributed by atoms with Crippen molar-refractivity contribution in [1.82, 2.24) is 14.1 Å². The van der Waals surface area contributed by atoms with Crippen molar-refractivity contribution in [2.45, 2.75) is 37.9 Å². The summed E-state index contributed by atoms with van der Waals surface area (Å²) in [4.78, 5) is 24.7. The third-order valence-electron chi connectivity index (χ3n) is 6.09. The van der Waals surface area contributed by atoms with Gasteiger partial charge in [-0.25, -0.2) is 13.2 Å². The van der Waals surface area contributed by atoms with Crippen molar-refractivity contribution in [1.29, 1.82) is 0 Å². The average molecular weight is 494 g/mol. The van der Waals surface area contributed by atoms with Crippen LogP contribution in [-0.4, -0.2) is 91.7 Å². The number of benzene rings is 1. The summed E-state index contributed by atoms with van der Waals surface area (Å²) in [6.07, 6.45) is -3.33. The van der Waals surface area contributed by atoms with Crippen LogP contribution in [0.1, 0.15) is 30.9 Å². The van der Waals surface area contributed by atoms with E-state index in [1.54, 1.807) is 30.2 Å². The number of fused-ring (bicyclic) bond motifs is 2. The van der Waals surface area contributed by atoms with Crippen LogP contribution in [0.15, 0.2) is 24.3 Å². The smallest absolute Gasteiger partial charge is 0.475 e. The molecular formula is C21H30F3N3O5S. The maximum Gasteiger partial charge on any atom is 0.490 e. The number of likely N-dealkylation sites (tertiary alicyclic amines) is 1. The van der Waals surface area contributed by atoms with E-state index in [0.29, 0.717) is 19.6 Å². The minimum absolute atomic E-state index is 0.111. The molecule has 2 aliphatic rings. The van der Waals surface area contributed by atoms with Gasteiger partial charge in [-0.05, 0) is 44.0 Å². The van der Waals surface area contributed by atoms with Gasteiger partial charge in [0, 0.05) is 32.6 Å². The summed E-state index contributed by atoms with van der Waals surface area (Å²) in [7, 11) is 0.329. The summed E-state index contributed by atoms with van der Waals surface area (Å²) in [6.45, 7) is 4.79. The van der Waals surface area contributed by atoms with E-state index in [9.17, 15) is 26.4 Å². The van der Waals surface area contributed by atoms with Gasteiger partial charge >= 0.3 is 12.1 Å². The molecule has 2 aliphatic heterocycles. The van der Waals surface area contributed by atoms with Crippen molar-refractivity contribution in [3.8, 4) is 0 Å². The largest absolute Gasteiger partial charge is 0.490 e. The lowest BCUT2D eigenvalue weighted by atomic mass is 9.69. The quantitative estimate of drug-likeness (QED) is 0.688. The van der Waals surface area contributed by atoms with Crippen LogP contribution in [0.25, 0.3) is 0 Å². The molecule has 0 aromatic heterocycles. The lowest BCUT2D eigenvalue weighted by Gasteiger charge is -2.48. The molecule has 33 heavy (non-hydrogen) atoms. The molecule has 186 valence electrons. The molecule has 3 rings (SSSR count). The van der Waals surface area contributed by atoms with E-state index >= 15 is 0 Å². The SMILES string of the molecule is CCS(=O)(=O)N1Cc2ccccc2C2(CCN(CC(=O)N(C)C)CC2)C1.O=C(O)C(F)(F)F. The number of carboxylic acids is 1. The zero-order valence-electron chi connectivity index (χ0n) is 18.9. The summed E-state index contributed by atoms with van der Waals surface area (Å²) >= 11 is 0. The van der Waals surface area contributed by atoms with Gasteiger partial charge in [0.15, 0.2) is 0 Å². The minimum atomic E-state index is -5.08. The van der Waals surface area contributed by atoms with Crippen LogP contribution in [-0.2, 0) is 31.6 Å². The number of halogens is 3. The Balaban J connectivity index is 0.000000479. The highest BCUT2D eigenvalue weighted by Gasteiger charge is 2.44. The third kappa shape index (κ3) is 6.67. The first-order chi connectivity index (χ1) is 15.2. The molecule has 1 spiro atoms. The molecule has 1 fully saturated rings. The van der Waals surface area contributed by atoms with Crippen LogP contribution in [0, 0.1) is 0 Å². The number of sulfonamides is 1. The predicted molar refractivity (Wildman–Crippen MR) is 116 cm³/mol. The molecule has 0 atom stereocenters. The fourth-order valence-electron chi connectivity index (χ4n) is 4.12. The zero-order valence-corrected chi connectivity index (χ0v) is 19.7. The van der Waals surface area contributed by atoms with E-state index < -0.39 is 22.2 Å². The Morgan fingerprint density at radius 2 is 1.70 bits per heavy atom. The number of carbonyl (C=O) groups excluding carboxylic acids is 1. The normalized spacial score (nSPS) is 18.7. The summed E-state index contributed by atoms with van der Waals surface area (Å²) in [5.74, 6) is -2.51. The van der Waals surface area contributed by atoms with Crippen molar-refractivity contribution in [2.24, 2.45) is 0 Å². The van der Waals surface area contributed by atoms with E-state index in [1.807, 2.05) is 12.1 Å². The standard InChI is InChI=1S/C19H29N3O3S.C2HF3O2/c1-4-26(24,25)22-13-16-7-5-6-8-17(16)19(15-22)9-11-21(12-10-19)14-18(23)20(2)3;3-2(4,5)1(6)7/h5-8H,4,9-15H2,1-3H3;(H,6,7). The van der Waals surface area contributed by atoms with E-state index in [0.717, 1.165) is 31.5 Å². The van der Waals surface area contributed by atoms with Gasteiger partial charge in [-0.15, -0.1) is 0 Å². The van der Waals surface area contributed by atoms with Gasteiger partial charge in [0.2, 0.25) is 15.9 Å². The molecule has 2 heterocycles. The fourth-order valence-corrected chi connectivity index (χ4v) is 5.27. The number of amides is 1. The van der Waals surface area contributed by atoms with Gasteiger partial charge in [0.05, 0.1) is 12.3 Å². The number of carboxylic acid groups (broad SMARTS) is 1. The van der Waals surface area contributed by atoms with Gasteiger partial charge in [0.1, 0.15) is 0 Å². The van der Waals surface area contributed by atoms with E-state index in [4.69, 9.17) is 9.90 Å². The molecule has 1 aromatic rings. The molecule has 1 amide bonds. The summed E-state index contributed by atoms with van der Waals surface area (Å²) in [5, 5.41) is 7.12. The first-order valence-corrected chi connectivity index (χ1v) is 12.1. The number of carbonyl (C=O) groups is 2. The number of hydrogen-bond acceptors (Lipinski definition) is 5. The lowest BCUT2D eigenvalue weighted by Crippen LogP contribution is -2.54. The van der Waals surface area contributed by atoms with Crippen molar-refractivity contribution >= 4 is 21.9 Å². The molecule has 1 saturated heterocycles. The number of rotatable bonds is 4. The maximum absolute atomic E-state index is 12.5. The molecule has 0 saturated carbocycles. The van der Waals surface area contributed by atoms with E-state index in [1.165, 1.54) is 5.56 Å². The fraction of sp³-hybridized carbons (Fsp3) is 0.619. The number of aliphatic carboxylic acids is 1. The first-order valence-electron chi connectivity index (χ1n) is 10.5. The van der Waals surface area contributed by atoms with Crippen LogP contribution >= 0.6 is 0 Å². The Hall–Kier alpha value is -2.18. The van der Waals surface area contributed by atoms with Crippen LogP contribution in [0.5, 0.6) is 0 Å². The molecule has 1 N–H and O–H groups in total. The number of hydrogen-bond donors (Lipinski definition) is 1. The summed E-state index contributed by atoms with van der Waals surface area (Å²) < 4.78 is 58.5. The van der Waals surface area contributed by atoms with Crippen molar-refractivity contribution in [3.63, 3.8) is 0 Å². The second kappa shape index (κ2) is 10.4. The molecular weight excluding hydrogens is 463 g/mol. The Morgan fingerprint density at radius 3 is 2.18 bits per heavy atom. The second-order valence-electron chi connectivity index (χ2n) is 8.47. The van der Waals surface area contributed by atoms with Crippen LogP contribution < -0.4 is 0 Å². The number of alkyl halides is 3. The molecule has 8 nitrogen and oxygen atoms in total. The molecule has 0 radical (unpaired) electrons. The van der Waals surface area contributed by atoms with Gasteiger partial charge in [-0.2, -0.15) is 17.5 Å². The van der Waals surface area contributed by atoms with Crippen LogP contribution in [0.4, 0.5) is 13.2 Å². The molecule has 1 aromatic carbocycles. The maximum atomic E-state index is 12.5. The van der Waals surface area contributed by atoms with Crippen LogP contribution in [0.3, 0.4) is 0 Å².